The molecule has 0 heterocycles. The number of hydrogen-bond acceptors (Lipinski definition) is 3. The third-order valence-corrected chi connectivity index (χ3v) is 4.10. The van der Waals surface area contributed by atoms with Crippen LogP contribution in [0.4, 0.5) is 0 Å². The Kier molecular flexibility index (Phi) is 5.64. The van der Waals surface area contributed by atoms with Crippen molar-refractivity contribution in [2.75, 3.05) is 13.2 Å². The molecule has 18 heavy (non-hydrogen) atoms. The molecule has 1 rings (SSSR count). The first kappa shape index (κ1) is 15.5. The monoisotopic (exact) mass is 255 g/mol. The second-order valence-electron chi connectivity index (χ2n) is 6.35. The second kappa shape index (κ2) is 6.55. The van der Waals surface area contributed by atoms with Crippen LogP contribution in [0, 0.1) is 5.41 Å². The summed E-state index contributed by atoms with van der Waals surface area (Å²) < 4.78 is 5.12. The van der Waals surface area contributed by atoms with E-state index < -0.39 is 0 Å². The van der Waals surface area contributed by atoms with Crippen LogP contribution in [0.3, 0.4) is 0 Å². The van der Waals surface area contributed by atoms with Crippen LogP contribution in [0.25, 0.3) is 0 Å². The molecule has 0 atom stereocenters. The fraction of sp³-hybridized carbons (Fsp3) is 0.933. The molecule has 1 aliphatic carbocycles. The highest BCUT2D eigenvalue weighted by Crippen LogP contribution is 2.41. The summed E-state index contributed by atoms with van der Waals surface area (Å²) in [5.41, 5.74) is 0.407. The first-order valence-corrected chi connectivity index (χ1v) is 7.34. The van der Waals surface area contributed by atoms with Gasteiger partial charge < -0.3 is 10.1 Å². The minimum atomic E-state index is -0.0548. The van der Waals surface area contributed by atoms with E-state index in [1.54, 1.807) is 0 Å². The third-order valence-electron chi connectivity index (χ3n) is 4.10. The number of nitrogens with one attached hydrogen (secondary N) is 1. The topological polar surface area (TPSA) is 38.3 Å². The van der Waals surface area contributed by atoms with Crippen molar-refractivity contribution in [3.8, 4) is 0 Å². The molecule has 1 fully saturated rings. The van der Waals surface area contributed by atoms with Gasteiger partial charge in [-0.15, -0.1) is 0 Å². The Labute approximate surface area is 112 Å². The molecule has 1 saturated carbocycles. The van der Waals surface area contributed by atoms with Crippen LogP contribution in [0.15, 0.2) is 0 Å². The van der Waals surface area contributed by atoms with Crippen LogP contribution in [0.5, 0.6) is 0 Å². The van der Waals surface area contributed by atoms with Crippen molar-refractivity contribution in [2.24, 2.45) is 5.41 Å². The highest BCUT2D eigenvalue weighted by atomic mass is 16.5. The lowest BCUT2D eigenvalue weighted by molar-refractivity contribution is -0.145. The summed E-state index contributed by atoms with van der Waals surface area (Å²) in [6.07, 6.45) is 6.16. The van der Waals surface area contributed by atoms with E-state index in [2.05, 4.69) is 26.1 Å². The molecule has 0 saturated heterocycles. The standard InChI is InChI=1S/C15H29NO2/c1-5-11-16-15(12-13(17)18-6-2)9-7-14(3,4)8-10-15/h16H,5-12H2,1-4H3. The summed E-state index contributed by atoms with van der Waals surface area (Å²) in [7, 11) is 0. The largest absolute Gasteiger partial charge is 0.466 e. The average Bonchev–Trinajstić information content (AvgIpc) is 2.31. The van der Waals surface area contributed by atoms with Gasteiger partial charge >= 0.3 is 5.97 Å². The summed E-state index contributed by atoms with van der Waals surface area (Å²) in [6, 6.07) is 0. The van der Waals surface area contributed by atoms with Gasteiger partial charge in [0.05, 0.1) is 13.0 Å². The Hall–Kier alpha value is -0.570. The summed E-state index contributed by atoms with van der Waals surface area (Å²) in [4.78, 5) is 11.8. The normalized spacial score (nSPS) is 21.6. The van der Waals surface area contributed by atoms with Gasteiger partial charge in [0, 0.05) is 5.54 Å². The van der Waals surface area contributed by atoms with Crippen LogP contribution in [-0.4, -0.2) is 24.7 Å². The molecule has 0 aliphatic heterocycles. The maximum atomic E-state index is 11.8. The minimum absolute atomic E-state index is 0.0161. The Morgan fingerprint density at radius 3 is 2.28 bits per heavy atom. The van der Waals surface area contributed by atoms with Crippen molar-refractivity contribution in [1.29, 1.82) is 0 Å². The van der Waals surface area contributed by atoms with E-state index in [1.807, 2.05) is 6.92 Å². The van der Waals surface area contributed by atoms with Crippen molar-refractivity contribution in [3.05, 3.63) is 0 Å². The quantitative estimate of drug-likeness (QED) is 0.740. The average molecular weight is 255 g/mol. The van der Waals surface area contributed by atoms with E-state index in [0.29, 0.717) is 18.4 Å². The van der Waals surface area contributed by atoms with Crippen molar-refractivity contribution >= 4 is 5.97 Å². The fourth-order valence-electron chi connectivity index (χ4n) is 2.70. The molecule has 1 aliphatic rings. The fourth-order valence-corrected chi connectivity index (χ4v) is 2.70. The molecule has 0 unspecified atom stereocenters. The lowest BCUT2D eigenvalue weighted by atomic mass is 9.68. The molecule has 0 aromatic carbocycles. The van der Waals surface area contributed by atoms with Gasteiger partial charge in [0.25, 0.3) is 0 Å². The SMILES string of the molecule is CCCNC1(CC(=O)OCC)CCC(C)(C)CC1. The van der Waals surface area contributed by atoms with Gasteiger partial charge in [-0.05, 0) is 51.0 Å². The number of rotatable bonds is 6. The minimum Gasteiger partial charge on any atom is -0.466 e. The molecule has 0 aromatic heterocycles. The van der Waals surface area contributed by atoms with Crippen LogP contribution in [0.2, 0.25) is 0 Å². The summed E-state index contributed by atoms with van der Waals surface area (Å²) in [5.74, 6) is -0.0548. The Morgan fingerprint density at radius 1 is 1.17 bits per heavy atom. The van der Waals surface area contributed by atoms with Gasteiger partial charge in [0.1, 0.15) is 0 Å². The Morgan fingerprint density at radius 2 is 1.78 bits per heavy atom. The number of carbonyl (C=O) groups excluding carboxylic acids is 1. The molecule has 0 radical (unpaired) electrons. The number of ether oxygens (including phenoxy) is 1. The van der Waals surface area contributed by atoms with Gasteiger partial charge in [-0.1, -0.05) is 20.8 Å². The third kappa shape index (κ3) is 4.60. The van der Waals surface area contributed by atoms with Gasteiger partial charge in [-0.25, -0.2) is 0 Å². The zero-order valence-corrected chi connectivity index (χ0v) is 12.5. The Bertz CT molecular complexity index is 264. The molecule has 0 spiro atoms. The van der Waals surface area contributed by atoms with E-state index in [4.69, 9.17) is 4.74 Å². The van der Waals surface area contributed by atoms with Gasteiger partial charge in [-0.3, -0.25) is 4.79 Å². The summed E-state index contributed by atoms with van der Waals surface area (Å²) in [6.45, 7) is 10.1. The van der Waals surface area contributed by atoms with Gasteiger partial charge in [0.15, 0.2) is 0 Å². The van der Waals surface area contributed by atoms with E-state index in [1.165, 1.54) is 12.8 Å². The summed E-state index contributed by atoms with van der Waals surface area (Å²) in [5, 5.41) is 3.61. The first-order chi connectivity index (χ1) is 8.43. The van der Waals surface area contributed by atoms with Crippen LogP contribution < -0.4 is 5.32 Å². The van der Waals surface area contributed by atoms with Crippen molar-refractivity contribution in [3.63, 3.8) is 0 Å². The van der Waals surface area contributed by atoms with Gasteiger partial charge in [-0.2, -0.15) is 0 Å². The number of carbonyl (C=O) groups is 1. The molecule has 0 bridgehead atoms. The maximum absolute atomic E-state index is 11.8. The molecule has 0 amide bonds. The first-order valence-electron chi connectivity index (χ1n) is 7.34. The molecular formula is C15H29NO2. The highest BCUT2D eigenvalue weighted by Gasteiger charge is 2.39. The number of hydrogen-bond donors (Lipinski definition) is 1. The molecule has 3 nitrogen and oxygen atoms in total. The molecule has 3 heteroatoms. The van der Waals surface area contributed by atoms with Crippen LogP contribution in [-0.2, 0) is 9.53 Å². The van der Waals surface area contributed by atoms with Crippen LogP contribution in [0.1, 0.15) is 66.2 Å². The molecule has 1 N–H and O–H groups in total. The van der Waals surface area contributed by atoms with E-state index in [0.717, 1.165) is 25.8 Å². The number of esters is 1. The predicted molar refractivity (Wildman–Crippen MR) is 74.5 cm³/mol. The molecule has 0 aromatic rings. The maximum Gasteiger partial charge on any atom is 0.307 e. The smallest absolute Gasteiger partial charge is 0.307 e. The van der Waals surface area contributed by atoms with Crippen molar-refractivity contribution in [2.45, 2.75) is 71.8 Å². The second-order valence-corrected chi connectivity index (χ2v) is 6.35. The van der Waals surface area contributed by atoms with Gasteiger partial charge in [0.2, 0.25) is 0 Å². The zero-order chi connectivity index (χ0) is 13.6. The lowest BCUT2D eigenvalue weighted by Crippen LogP contribution is -2.51. The van der Waals surface area contributed by atoms with E-state index in [9.17, 15) is 4.79 Å². The highest BCUT2D eigenvalue weighted by molar-refractivity contribution is 5.71. The zero-order valence-electron chi connectivity index (χ0n) is 12.5. The lowest BCUT2D eigenvalue weighted by Gasteiger charge is -2.44. The summed E-state index contributed by atoms with van der Waals surface area (Å²) >= 11 is 0. The van der Waals surface area contributed by atoms with E-state index in [-0.39, 0.29) is 11.5 Å². The predicted octanol–water partition coefficient (Wildman–Crippen LogP) is 3.28. The van der Waals surface area contributed by atoms with E-state index >= 15 is 0 Å². The van der Waals surface area contributed by atoms with Crippen molar-refractivity contribution < 1.29 is 9.53 Å². The Balaban J connectivity index is 2.62. The van der Waals surface area contributed by atoms with Crippen molar-refractivity contribution in [1.82, 2.24) is 5.32 Å². The molecular weight excluding hydrogens is 226 g/mol. The van der Waals surface area contributed by atoms with Crippen LogP contribution >= 0.6 is 0 Å². The molecule has 106 valence electrons.